The average Bonchev–Trinajstić information content (AvgIpc) is 3.16. The number of hydrogen-bond donors (Lipinski definition) is 0. The summed E-state index contributed by atoms with van der Waals surface area (Å²) < 4.78 is 20.7. The predicted octanol–water partition coefficient (Wildman–Crippen LogP) is 4.50. The van der Waals surface area contributed by atoms with Gasteiger partial charge in [-0.25, -0.2) is 9.37 Å². The summed E-state index contributed by atoms with van der Waals surface area (Å²) in [5, 5.41) is 0.706. The van der Waals surface area contributed by atoms with Gasteiger partial charge in [-0.05, 0) is 42.3 Å². The minimum absolute atomic E-state index is 0.0262. The molecule has 2 aromatic carbocycles. The highest BCUT2D eigenvalue weighted by molar-refractivity contribution is 9.10. The molecule has 0 aliphatic carbocycles. The molecule has 4 rings (SSSR count). The third kappa shape index (κ3) is 5.43. The lowest BCUT2D eigenvalue weighted by atomic mass is 10.1. The van der Waals surface area contributed by atoms with E-state index >= 15 is 0 Å². The molecule has 1 aromatic heterocycles. The van der Waals surface area contributed by atoms with Crippen molar-refractivity contribution in [3.05, 3.63) is 58.3 Å². The zero-order chi connectivity index (χ0) is 20.9. The lowest BCUT2D eigenvalue weighted by Crippen LogP contribution is -2.39. The number of fused-ring (bicyclic) bond motifs is 1. The molecule has 0 saturated carbocycles. The van der Waals surface area contributed by atoms with Gasteiger partial charge in [-0.1, -0.05) is 39.4 Å². The maximum atomic E-state index is 13.2. The van der Waals surface area contributed by atoms with Crippen molar-refractivity contribution in [3.63, 3.8) is 0 Å². The summed E-state index contributed by atoms with van der Waals surface area (Å²) in [6.45, 7) is 4.90. The topological polar surface area (TPSA) is 45.7 Å². The Hall–Kier alpha value is -1.87. The molecule has 8 heteroatoms. The van der Waals surface area contributed by atoms with Gasteiger partial charge in [0.25, 0.3) is 0 Å². The number of carbonyl (C=O) groups is 1. The quantitative estimate of drug-likeness (QED) is 0.488. The Morgan fingerprint density at radius 3 is 2.73 bits per heavy atom. The molecule has 0 spiro atoms. The third-order valence-corrected chi connectivity index (χ3v) is 6.63. The van der Waals surface area contributed by atoms with Gasteiger partial charge in [0.2, 0.25) is 5.91 Å². The number of halogens is 2. The summed E-state index contributed by atoms with van der Waals surface area (Å²) in [5.74, 6) is -0.327. The van der Waals surface area contributed by atoms with E-state index in [0.717, 1.165) is 59.5 Å². The first-order valence-electron chi connectivity index (χ1n) is 9.99. The molecule has 0 unspecified atom stereocenters. The Labute approximate surface area is 187 Å². The Morgan fingerprint density at radius 1 is 1.20 bits per heavy atom. The zero-order valence-corrected chi connectivity index (χ0v) is 18.9. The minimum Gasteiger partial charge on any atom is -0.379 e. The second-order valence-corrected chi connectivity index (χ2v) is 9.19. The van der Waals surface area contributed by atoms with E-state index in [1.807, 2.05) is 18.2 Å². The van der Waals surface area contributed by atoms with E-state index in [2.05, 4.69) is 20.8 Å². The molecule has 0 bridgehead atoms. The van der Waals surface area contributed by atoms with Crippen LogP contribution >= 0.6 is 27.3 Å². The van der Waals surface area contributed by atoms with Gasteiger partial charge in [-0.15, -0.1) is 0 Å². The summed E-state index contributed by atoms with van der Waals surface area (Å²) in [7, 11) is 0. The van der Waals surface area contributed by atoms with Crippen LogP contribution in [0.5, 0.6) is 0 Å². The molecule has 1 amide bonds. The molecule has 30 heavy (non-hydrogen) atoms. The second-order valence-electron chi connectivity index (χ2n) is 7.26. The van der Waals surface area contributed by atoms with Crippen LogP contribution in [0.1, 0.15) is 12.0 Å². The van der Waals surface area contributed by atoms with Crippen LogP contribution < -0.4 is 4.90 Å². The van der Waals surface area contributed by atoms with Crippen molar-refractivity contribution in [1.29, 1.82) is 0 Å². The fraction of sp³-hybridized carbons (Fsp3) is 0.364. The number of ether oxygens (including phenoxy) is 1. The van der Waals surface area contributed by atoms with Crippen LogP contribution in [0, 0.1) is 5.82 Å². The summed E-state index contributed by atoms with van der Waals surface area (Å²) in [5.41, 5.74) is 1.68. The monoisotopic (exact) mass is 491 g/mol. The van der Waals surface area contributed by atoms with Crippen LogP contribution in [0.4, 0.5) is 9.52 Å². The number of aromatic nitrogens is 1. The molecule has 1 aliphatic heterocycles. The van der Waals surface area contributed by atoms with Crippen molar-refractivity contribution in [2.75, 3.05) is 44.3 Å². The SMILES string of the molecule is O=C(Cc1ccc(F)cc1)N(CCCN1CCOCC1)c1nc2ccc(Br)cc2s1. The summed E-state index contributed by atoms with van der Waals surface area (Å²) in [6, 6.07) is 12.0. The van der Waals surface area contributed by atoms with E-state index in [-0.39, 0.29) is 18.1 Å². The molecular weight excluding hydrogens is 469 g/mol. The molecule has 3 aromatic rings. The van der Waals surface area contributed by atoms with E-state index in [0.29, 0.717) is 11.7 Å². The fourth-order valence-corrected chi connectivity index (χ4v) is 5.04. The van der Waals surface area contributed by atoms with Gasteiger partial charge >= 0.3 is 0 Å². The molecule has 1 aliphatic rings. The maximum Gasteiger partial charge on any atom is 0.233 e. The predicted molar refractivity (Wildman–Crippen MR) is 122 cm³/mol. The Kier molecular flexibility index (Phi) is 7.09. The van der Waals surface area contributed by atoms with Gasteiger partial charge in [-0.3, -0.25) is 14.6 Å². The van der Waals surface area contributed by atoms with Crippen LogP contribution in [0.15, 0.2) is 46.9 Å². The van der Waals surface area contributed by atoms with Crippen molar-refractivity contribution in [2.24, 2.45) is 0 Å². The van der Waals surface area contributed by atoms with E-state index in [4.69, 9.17) is 9.72 Å². The smallest absolute Gasteiger partial charge is 0.233 e. The molecule has 158 valence electrons. The number of hydrogen-bond acceptors (Lipinski definition) is 5. The molecule has 5 nitrogen and oxygen atoms in total. The van der Waals surface area contributed by atoms with E-state index < -0.39 is 0 Å². The molecule has 2 heterocycles. The number of carbonyl (C=O) groups excluding carboxylic acids is 1. The normalized spacial score (nSPS) is 14.9. The number of nitrogens with zero attached hydrogens (tertiary/aromatic N) is 3. The highest BCUT2D eigenvalue weighted by Gasteiger charge is 2.21. The van der Waals surface area contributed by atoms with Crippen LogP contribution in [-0.4, -0.2) is 55.2 Å². The van der Waals surface area contributed by atoms with Crippen molar-refractivity contribution < 1.29 is 13.9 Å². The molecule has 0 atom stereocenters. The van der Waals surface area contributed by atoms with E-state index in [1.54, 1.807) is 17.0 Å². The number of morpholine rings is 1. The number of thiazole rings is 1. The number of anilines is 1. The lowest BCUT2D eigenvalue weighted by Gasteiger charge is -2.27. The van der Waals surface area contributed by atoms with Crippen molar-refractivity contribution in [1.82, 2.24) is 9.88 Å². The summed E-state index contributed by atoms with van der Waals surface area (Å²) in [4.78, 5) is 22.0. The van der Waals surface area contributed by atoms with Crippen molar-refractivity contribution >= 4 is 48.5 Å². The van der Waals surface area contributed by atoms with Crippen LogP contribution in [0.2, 0.25) is 0 Å². The Morgan fingerprint density at radius 2 is 1.97 bits per heavy atom. The van der Waals surface area contributed by atoms with Crippen LogP contribution in [0.3, 0.4) is 0 Å². The van der Waals surface area contributed by atoms with Gasteiger partial charge in [0.15, 0.2) is 5.13 Å². The number of rotatable bonds is 7. The first kappa shape index (κ1) is 21.4. The summed E-state index contributed by atoms with van der Waals surface area (Å²) in [6.07, 6.45) is 1.08. The van der Waals surface area contributed by atoms with Crippen molar-refractivity contribution in [3.8, 4) is 0 Å². The standard InChI is InChI=1S/C22H23BrFN3O2S/c23-17-4-7-19-20(15-17)30-22(25-19)27(9-1-8-26-10-12-29-13-11-26)21(28)14-16-2-5-18(24)6-3-16/h2-7,15H,1,8-14H2. The van der Waals surface area contributed by atoms with E-state index in [1.165, 1.54) is 23.5 Å². The largest absolute Gasteiger partial charge is 0.379 e. The first-order chi connectivity index (χ1) is 14.6. The fourth-order valence-electron chi connectivity index (χ4n) is 3.48. The highest BCUT2D eigenvalue weighted by Crippen LogP contribution is 2.31. The molecular formula is C22H23BrFN3O2S. The zero-order valence-electron chi connectivity index (χ0n) is 16.5. The van der Waals surface area contributed by atoms with Crippen LogP contribution in [0.25, 0.3) is 10.2 Å². The van der Waals surface area contributed by atoms with E-state index in [9.17, 15) is 9.18 Å². The third-order valence-electron chi connectivity index (χ3n) is 5.10. The number of benzene rings is 2. The molecule has 0 radical (unpaired) electrons. The van der Waals surface area contributed by atoms with Gasteiger partial charge in [-0.2, -0.15) is 0 Å². The Bertz CT molecular complexity index is 1010. The van der Waals surface area contributed by atoms with Gasteiger partial charge in [0, 0.05) is 30.7 Å². The lowest BCUT2D eigenvalue weighted by molar-refractivity contribution is -0.118. The highest BCUT2D eigenvalue weighted by atomic mass is 79.9. The summed E-state index contributed by atoms with van der Waals surface area (Å²) >= 11 is 5.01. The molecule has 1 fully saturated rings. The van der Waals surface area contributed by atoms with Crippen LogP contribution in [-0.2, 0) is 16.0 Å². The van der Waals surface area contributed by atoms with Gasteiger partial charge in [0.05, 0.1) is 29.9 Å². The number of amides is 1. The maximum absolute atomic E-state index is 13.2. The second kappa shape index (κ2) is 9.96. The minimum atomic E-state index is -0.301. The average molecular weight is 492 g/mol. The van der Waals surface area contributed by atoms with Gasteiger partial charge in [0.1, 0.15) is 5.82 Å². The Balaban J connectivity index is 1.51. The molecule has 1 saturated heterocycles. The molecule has 0 N–H and O–H groups in total. The van der Waals surface area contributed by atoms with Gasteiger partial charge < -0.3 is 4.74 Å². The van der Waals surface area contributed by atoms with Crippen molar-refractivity contribution in [2.45, 2.75) is 12.8 Å². The first-order valence-corrected chi connectivity index (χ1v) is 11.6.